The van der Waals surface area contributed by atoms with Gasteiger partial charge in [0.05, 0.1) is 5.25 Å². The molecule has 0 bridgehead atoms. The van der Waals surface area contributed by atoms with Gasteiger partial charge in [-0.3, -0.25) is 9.59 Å². The number of benzene rings is 2. The van der Waals surface area contributed by atoms with Crippen molar-refractivity contribution in [3.8, 4) is 0 Å². The predicted molar refractivity (Wildman–Crippen MR) is 110 cm³/mol. The van der Waals surface area contributed by atoms with E-state index in [-0.39, 0.29) is 17.1 Å². The van der Waals surface area contributed by atoms with Crippen LogP contribution in [0.2, 0.25) is 0 Å². The summed E-state index contributed by atoms with van der Waals surface area (Å²) in [5, 5.41) is 5.57. The largest absolute Gasteiger partial charge is 0.326 e. The molecule has 5 heteroatoms. The third-order valence-corrected chi connectivity index (χ3v) is 5.33. The molecule has 26 heavy (non-hydrogen) atoms. The normalized spacial score (nSPS) is 12.9. The molecule has 0 heterocycles. The molecule has 2 amide bonds. The number of nitrogens with one attached hydrogen (secondary N) is 2. The Balaban J connectivity index is 2.01. The summed E-state index contributed by atoms with van der Waals surface area (Å²) in [6, 6.07) is 15.5. The van der Waals surface area contributed by atoms with E-state index in [4.69, 9.17) is 0 Å². The highest BCUT2D eigenvalue weighted by molar-refractivity contribution is 8.00. The third-order valence-electron chi connectivity index (χ3n) is 4.22. The number of carbonyl (C=O) groups excluding carboxylic acids is 2. The fourth-order valence-corrected chi connectivity index (χ4v) is 3.44. The van der Waals surface area contributed by atoms with Gasteiger partial charge in [-0.15, -0.1) is 11.8 Å². The first-order valence-electron chi connectivity index (χ1n) is 8.84. The van der Waals surface area contributed by atoms with E-state index in [1.807, 2.05) is 49.4 Å². The molecular formula is C21H26N2O2S. The fourth-order valence-electron chi connectivity index (χ4n) is 2.57. The van der Waals surface area contributed by atoms with Gasteiger partial charge in [-0.05, 0) is 55.2 Å². The van der Waals surface area contributed by atoms with Crippen LogP contribution in [0, 0.1) is 0 Å². The molecule has 0 saturated heterocycles. The zero-order chi connectivity index (χ0) is 19.1. The summed E-state index contributed by atoms with van der Waals surface area (Å²) in [7, 11) is 0. The molecule has 2 aromatic carbocycles. The SMILES string of the molecule is CC[C@@H](C)c1ccccc1NC(=O)[C@@H](C)Sc1ccc(NC(C)=O)cc1. The highest BCUT2D eigenvalue weighted by atomic mass is 32.2. The Bertz CT molecular complexity index is 759. The average molecular weight is 371 g/mol. The summed E-state index contributed by atoms with van der Waals surface area (Å²) >= 11 is 1.49. The maximum absolute atomic E-state index is 12.6. The van der Waals surface area contributed by atoms with E-state index in [2.05, 4.69) is 30.5 Å². The second-order valence-electron chi connectivity index (χ2n) is 6.35. The summed E-state index contributed by atoms with van der Waals surface area (Å²) in [5.74, 6) is 0.283. The Morgan fingerprint density at radius 2 is 1.65 bits per heavy atom. The minimum atomic E-state index is -0.230. The smallest absolute Gasteiger partial charge is 0.237 e. The number of anilines is 2. The number of hydrogen-bond donors (Lipinski definition) is 2. The zero-order valence-corrected chi connectivity index (χ0v) is 16.5. The van der Waals surface area contributed by atoms with Gasteiger partial charge in [-0.2, -0.15) is 0 Å². The Kier molecular flexibility index (Phi) is 7.27. The molecule has 2 N–H and O–H groups in total. The second-order valence-corrected chi connectivity index (χ2v) is 7.77. The molecule has 4 nitrogen and oxygen atoms in total. The van der Waals surface area contributed by atoms with Gasteiger partial charge < -0.3 is 10.6 Å². The lowest BCUT2D eigenvalue weighted by Crippen LogP contribution is -2.23. The highest BCUT2D eigenvalue weighted by Gasteiger charge is 2.17. The van der Waals surface area contributed by atoms with Crippen molar-refractivity contribution in [1.82, 2.24) is 0 Å². The van der Waals surface area contributed by atoms with Crippen LogP contribution < -0.4 is 10.6 Å². The molecule has 0 saturated carbocycles. The molecule has 0 radical (unpaired) electrons. The lowest BCUT2D eigenvalue weighted by molar-refractivity contribution is -0.115. The molecule has 0 fully saturated rings. The molecule has 0 spiro atoms. The number of hydrogen-bond acceptors (Lipinski definition) is 3. The quantitative estimate of drug-likeness (QED) is 0.652. The van der Waals surface area contributed by atoms with Gasteiger partial charge in [0.25, 0.3) is 0 Å². The first-order valence-corrected chi connectivity index (χ1v) is 9.72. The Morgan fingerprint density at radius 1 is 1.00 bits per heavy atom. The van der Waals surface area contributed by atoms with Crippen LogP contribution in [0.3, 0.4) is 0 Å². The molecule has 0 aliphatic carbocycles. The number of para-hydroxylation sites is 1. The van der Waals surface area contributed by atoms with Crippen LogP contribution in [0.4, 0.5) is 11.4 Å². The Hall–Kier alpha value is -2.27. The van der Waals surface area contributed by atoms with Gasteiger partial charge in [0.2, 0.25) is 11.8 Å². The van der Waals surface area contributed by atoms with Crippen LogP contribution in [0.15, 0.2) is 53.4 Å². The number of rotatable bonds is 7. The average Bonchev–Trinajstić information content (AvgIpc) is 2.62. The first-order chi connectivity index (χ1) is 12.4. The van der Waals surface area contributed by atoms with E-state index < -0.39 is 0 Å². The Morgan fingerprint density at radius 3 is 2.27 bits per heavy atom. The van der Waals surface area contributed by atoms with E-state index in [9.17, 15) is 9.59 Å². The molecule has 138 valence electrons. The lowest BCUT2D eigenvalue weighted by Gasteiger charge is -2.18. The van der Waals surface area contributed by atoms with Crippen LogP contribution >= 0.6 is 11.8 Å². The minimum Gasteiger partial charge on any atom is -0.326 e. The zero-order valence-electron chi connectivity index (χ0n) is 15.7. The molecule has 2 atom stereocenters. The summed E-state index contributed by atoms with van der Waals surface area (Å²) < 4.78 is 0. The van der Waals surface area contributed by atoms with Gasteiger partial charge in [-0.25, -0.2) is 0 Å². The van der Waals surface area contributed by atoms with Gasteiger partial charge >= 0.3 is 0 Å². The molecule has 0 aliphatic heterocycles. The van der Waals surface area contributed by atoms with Crippen molar-refractivity contribution >= 4 is 35.0 Å². The molecule has 0 aliphatic rings. The number of thioether (sulfide) groups is 1. The van der Waals surface area contributed by atoms with Crippen molar-refractivity contribution in [2.75, 3.05) is 10.6 Å². The van der Waals surface area contributed by atoms with Crippen molar-refractivity contribution in [2.24, 2.45) is 0 Å². The van der Waals surface area contributed by atoms with Crippen molar-refractivity contribution in [3.05, 3.63) is 54.1 Å². The number of carbonyl (C=O) groups is 2. The summed E-state index contributed by atoms with van der Waals surface area (Å²) in [4.78, 5) is 24.7. The van der Waals surface area contributed by atoms with Crippen molar-refractivity contribution < 1.29 is 9.59 Å². The van der Waals surface area contributed by atoms with E-state index in [0.717, 1.165) is 22.7 Å². The van der Waals surface area contributed by atoms with Gasteiger partial charge in [-0.1, -0.05) is 32.0 Å². The number of amides is 2. The van der Waals surface area contributed by atoms with Crippen LogP contribution in [-0.4, -0.2) is 17.1 Å². The molecule has 2 aromatic rings. The van der Waals surface area contributed by atoms with Crippen LogP contribution in [0.5, 0.6) is 0 Å². The maximum Gasteiger partial charge on any atom is 0.237 e. The monoisotopic (exact) mass is 370 g/mol. The molecule has 0 unspecified atom stereocenters. The van der Waals surface area contributed by atoms with Gasteiger partial charge in [0, 0.05) is 23.2 Å². The van der Waals surface area contributed by atoms with E-state index in [0.29, 0.717) is 5.92 Å². The second kappa shape index (κ2) is 9.43. The maximum atomic E-state index is 12.6. The highest BCUT2D eigenvalue weighted by Crippen LogP contribution is 2.29. The topological polar surface area (TPSA) is 58.2 Å². The van der Waals surface area contributed by atoms with E-state index in [1.54, 1.807) is 0 Å². The van der Waals surface area contributed by atoms with E-state index in [1.165, 1.54) is 24.2 Å². The van der Waals surface area contributed by atoms with E-state index >= 15 is 0 Å². The molecule has 2 rings (SSSR count). The summed E-state index contributed by atoms with van der Waals surface area (Å²) in [5.41, 5.74) is 2.81. The van der Waals surface area contributed by atoms with Gasteiger partial charge in [0.1, 0.15) is 0 Å². The van der Waals surface area contributed by atoms with Crippen molar-refractivity contribution in [1.29, 1.82) is 0 Å². The minimum absolute atomic E-state index is 0.0170. The molecular weight excluding hydrogens is 344 g/mol. The standard InChI is InChI=1S/C21H26N2O2S/c1-5-14(2)19-8-6-7-9-20(19)23-21(25)15(3)26-18-12-10-17(11-13-18)22-16(4)24/h6-15H,5H2,1-4H3,(H,22,24)(H,23,25)/t14-,15-/m1/s1. The molecule has 0 aromatic heterocycles. The lowest BCUT2D eigenvalue weighted by atomic mass is 9.97. The first kappa shape index (κ1) is 20.0. The van der Waals surface area contributed by atoms with Crippen LogP contribution in [0.1, 0.15) is 45.6 Å². The van der Waals surface area contributed by atoms with Crippen LogP contribution in [0.25, 0.3) is 0 Å². The van der Waals surface area contributed by atoms with Crippen molar-refractivity contribution in [2.45, 2.75) is 50.2 Å². The fraction of sp³-hybridized carbons (Fsp3) is 0.333. The third kappa shape index (κ3) is 5.63. The summed E-state index contributed by atoms with van der Waals surface area (Å²) in [6.45, 7) is 7.69. The van der Waals surface area contributed by atoms with Crippen molar-refractivity contribution in [3.63, 3.8) is 0 Å². The van der Waals surface area contributed by atoms with Crippen LogP contribution in [-0.2, 0) is 9.59 Å². The predicted octanol–water partition coefficient (Wildman–Crippen LogP) is 5.28. The Labute approximate surface area is 159 Å². The van der Waals surface area contributed by atoms with Gasteiger partial charge in [0.15, 0.2) is 0 Å². The summed E-state index contributed by atoms with van der Waals surface area (Å²) in [6.07, 6.45) is 1.03.